The summed E-state index contributed by atoms with van der Waals surface area (Å²) in [6.07, 6.45) is -2.57. The molecule has 2 aromatic carbocycles. The van der Waals surface area contributed by atoms with Crippen molar-refractivity contribution in [3.8, 4) is 0 Å². The van der Waals surface area contributed by atoms with Crippen molar-refractivity contribution in [1.29, 1.82) is 0 Å². The van der Waals surface area contributed by atoms with E-state index in [0.717, 1.165) is 10.8 Å². The highest BCUT2D eigenvalue weighted by atomic mass is 19.3. The third kappa shape index (κ3) is 2.56. The number of nitrogens with one attached hydrogen (secondary N) is 1. The van der Waals surface area contributed by atoms with Crippen molar-refractivity contribution in [2.24, 2.45) is 0 Å². The highest BCUT2D eigenvalue weighted by molar-refractivity contribution is 6.03. The van der Waals surface area contributed by atoms with Gasteiger partial charge in [0.2, 0.25) is 0 Å². The maximum absolute atomic E-state index is 12.0. The predicted octanol–water partition coefficient (Wildman–Crippen LogP) is 2.42. The molecule has 0 bridgehead atoms. The minimum absolute atomic E-state index is 0.217. The van der Waals surface area contributed by atoms with Gasteiger partial charge < -0.3 is 11.1 Å². The lowest BCUT2D eigenvalue weighted by Crippen LogP contribution is -2.29. The van der Waals surface area contributed by atoms with Crippen LogP contribution in [0.2, 0.25) is 0 Å². The number of hydrogen-bond donors (Lipinski definition) is 2. The number of benzene rings is 2. The number of nitrogen functional groups attached to an aromatic ring is 1. The molecule has 0 unspecified atom stereocenters. The van der Waals surface area contributed by atoms with E-state index in [4.69, 9.17) is 5.73 Å². The molecular weight excluding hydrogens is 238 g/mol. The molecule has 5 heteroatoms. The van der Waals surface area contributed by atoms with E-state index >= 15 is 0 Å². The van der Waals surface area contributed by atoms with Gasteiger partial charge in [-0.1, -0.05) is 24.3 Å². The van der Waals surface area contributed by atoms with E-state index in [1.807, 2.05) is 24.3 Å². The summed E-state index contributed by atoms with van der Waals surface area (Å²) in [6, 6.07) is 10.7. The first-order chi connectivity index (χ1) is 8.58. The summed E-state index contributed by atoms with van der Waals surface area (Å²) < 4.78 is 24.0. The van der Waals surface area contributed by atoms with Crippen molar-refractivity contribution in [3.63, 3.8) is 0 Å². The van der Waals surface area contributed by atoms with Gasteiger partial charge in [-0.3, -0.25) is 4.79 Å². The zero-order valence-electron chi connectivity index (χ0n) is 9.49. The fraction of sp³-hybridized carbons (Fsp3) is 0.154. The Balaban J connectivity index is 2.32. The van der Waals surface area contributed by atoms with Gasteiger partial charge in [-0.15, -0.1) is 0 Å². The molecule has 0 aliphatic rings. The summed E-state index contributed by atoms with van der Waals surface area (Å²) in [5.74, 6) is -0.585. The van der Waals surface area contributed by atoms with Crippen LogP contribution in [0.25, 0.3) is 10.8 Å². The first-order valence-corrected chi connectivity index (χ1v) is 5.42. The minimum Gasteiger partial charge on any atom is -0.398 e. The van der Waals surface area contributed by atoms with Gasteiger partial charge in [0.15, 0.2) is 0 Å². The van der Waals surface area contributed by atoms with Crippen LogP contribution in [0.4, 0.5) is 14.5 Å². The van der Waals surface area contributed by atoms with E-state index in [1.165, 1.54) is 0 Å². The monoisotopic (exact) mass is 250 g/mol. The quantitative estimate of drug-likeness (QED) is 0.822. The molecule has 0 radical (unpaired) electrons. The lowest BCUT2D eigenvalue weighted by molar-refractivity contribution is 0.0892. The number of carbonyl (C=O) groups excluding carboxylic acids is 1. The number of rotatable bonds is 3. The summed E-state index contributed by atoms with van der Waals surface area (Å²) >= 11 is 0. The van der Waals surface area contributed by atoms with Crippen LogP contribution < -0.4 is 11.1 Å². The van der Waals surface area contributed by atoms with E-state index in [0.29, 0.717) is 0 Å². The summed E-state index contributed by atoms with van der Waals surface area (Å²) in [7, 11) is 0. The van der Waals surface area contributed by atoms with Gasteiger partial charge in [-0.25, -0.2) is 8.78 Å². The smallest absolute Gasteiger partial charge is 0.255 e. The summed E-state index contributed by atoms with van der Waals surface area (Å²) in [4.78, 5) is 11.7. The molecule has 0 aliphatic carbocycles. The molecule has 2 rings (SSSR count). The number of hydrogen-bond acceptors (Lipinski definition) is 2. The first-order valence-electron chi connectivity index (χ1n) is 5.42. The largest absolute Gasteiger partial charge is 0.398 e. The second kappa shape index (κ2) is 5.00. The molecule has 3 nitrogen and oxygen atoms in total. The number of carbonyl (C=O) groups is 1. The number of amides is 1. The van der Waals surface area contributed by atoms with Gasteiger partial charge in [-0.2, -0.15) is 0 Å². The van der Waals surface area contributed by atoms with E-state index in [1.54, 1.807) is 12.1 Å². The van der Waals surface area contributed by atoms with Gasteiger partial charge in [-0.05, 0) is 22.9 Å². The lowest BCUT2D eigenvalue weighted by atomic mass is 10.0. The number of halogens is 2. The first kappa shape index (κ1) is 12.3. The third-order valence-corrected chi connectivity index (χ3v) is 2.58. The molecule has 0 fully saturated rings. The second-order valence-electron chi connectivity index (χ2n) is 3.89. The summed E-state index contributed by atoms with van der Waals surface area (Å²) in [5.41, 5.74) is 6.24. The number of anilines is 1. The van der Waals surface area contributed by atoms with Crippen LogP contribution in [-0.2, 0) is 0 Å². The Labute approximate surface area is 103 Å². The molecule has 0 spiro atoms. The van der Waals surface area contributed by atoms with Crippen LogP contribution in [-0.4, -0.2) is 18.9 Å². The fourth-order valence-corrected chi connectivity index (χ4v) is 1.72. The van der Waals surface area contributed by atoms with Crippen molar-refractivity contribution < 1.29 is 13.6 Å². The number of alkyl halides is 2. The zero-order valence-corrected chi connectivity index (χ0v) is 9.49. The van der Waals surface area contributed by atoms with Gasteiger partial charge in [0.05, 0.1) is 12.1 Å². The standard InChI is InChI=1S/C13H12F2N2O/c14-12(15)7-17-13(18)10-5-8-3-1-2-4-9(8)6-11(10)16/h1-6,12H,7,16H2,(H,17,18). The summed E-state index contributed by atoms with van der Waals surface area (Å²) in [6.45, 7) is -0.675. The van der Waals surface area contributed by atoms with E-state index in [-0.39, 0.29) is 11.3 Å². The molecule has 1 amide bonds. The van der Waals surface area contributed by atoms with Crippen LogP contribution in [0.1, 0.15) is 10.4 Å². The topological polar surface area (TPSA) is 55.1 Å². The van der Waals surface area contributed by atoms with Crippen LogP contribution in [0, 0.1) is 0 Å². The number of nitrogens with two attached hydrogens (primary N) is 1. The van der Waals surface area contributed by atoms with E-state index in [9.17, 15) is 13.6 Å². The normalized spacial score (nSPS) is 10.8. The molecule has 18 heavy (non-hydrogen) atoms. The zero-order chi connectivity index (χ0) is 13.1. The molecule has 0 aliphatic heterocycles. The van der Waals surface area contributed by atoms with Crippen LogP contribution >= 0.6 is 0 Å². The Morgan fingerprint density at radius 2 is 1.83 bits per heavy atom. The molecule has 94 valence electrons. The average molecular weight is 250 g/mol. The SMILES string of the molecule is Nc1cc2ccccc2cc1C(=O)NCC(F)F. The molecule has 3 N–H and O–H groups in total. The molecular formula is C13H12F2N2O. The van der Waals surface area contributed by atoms with Gasteiger partial charge in [0.1, 0.15) is 0 Å². The van der Waals surface area contributed by atoms with Crippen molar-refractivity contribution in [2.75, 3.05) is 12.3 Å². The predicted molar refractivity (Wildman–Crippen MR) is 66.7 cm³/mol. The molecule has 0 saturated carbocycles. The lowest BCUT2D eigenvalue weighted by Gasteiger charge is -2.08. The van der Waals surface area contributed by atoms with Crippen molar-refractivity contribution in [1.82, 2.24) is 5.32 Å². The fourth-order valence-electron chi connectivity index (χ4n) is 1.72. The second-order valence-corrected chi connectivity index (χ2v) is 3.89. The van der Waals surface area contributed by atoms with Crippen molar-refractivity contribution >= 4 is 22.4 Å². The van der Waals surface area contributed by atoms with Gasteiger partial charge >= 0.3 is 0 Å². The summed E-state index contributed by atoms with van der Waals surface area (Å²) in [5, 5.41) is 3.88. The average Bonchev–Trinajstić information content (AvgIpc) is 2.35. The highest BCUT2D eigenvalue weighted by Crippen LogP contribution is 2.21. The van der Waals surface area contributed by atoms with Crippen molar-refractivity contribution in [3.05, 3.63) is 42.0 Å². The molecule has 0 heterocycles. The maximum atomic E-state index is 12.0. The van der Waals surface area contributed by atoms with E-state index < -0.39 is 18.9 Å². The third-order valence-electron chi connectivity index (χ3n) is 2.58. The Hall–Kier alpha value is -2.17. The van der Waals surface area contributed by atoms with Gasteiger partial charge in [0, 0.05) is 5.69 Å². The molecule has 0 saturated heterocycles. The van der Waals surface area contributed by atoms with Crippen LogP contribution in [0.5, 0.6) is 0 Å². The maximum Gasteiger partial charge on any atom is 0.255 e. The Bertz CT molecular complexity index is 584. The Morgan fingerprint density at radius 3 is 2.44 bits per heavy atom. The van der Waals surface area contributed by atoms with Crippen LogP contribution in [0.15, 0.2) is 36.4 Å². The number of fused-ring (bicyclic) bond motifs is 1. The van der Waals surface area contributed by atoms with Crippen molar-refractivity contribution in [2.45, 2.75) is 6.43 Å². The Kier molecular flexibility index (Phi) is 3.41. The molecule has 0 aromatic heterocycles. The highest BCUT2D eigenvalue weighted by Gasteiger charge is 2.12. The Morgan fingerprint density at radius 1 is 1.22 bits per heavy atom. The van der Waals surface area contributed by atoms with E-state index in [2.05, 4.69) is 5.32 Å². The van der Waals surface area contributed by atoms with Crippen LogP contribution in [0.3, 0.4) is 0 Å². The molecule has 2 aromatic rings. The minimum atomic E-state index is -2.57. The van der Waals surface area contributed by atoms with Gasteiger partial charge in [0.25, 0.3) is 12.3 Å². The molecule has 0 atom stereocenters.